The molecule has 0 radical (unpaired) electrons. The number of hydrogen-bond acceptors (Lipinski definition) is 4. The molecule has 0 amide bonds. The van der Waals surface area contributed by atoms with E-state index in [0.29, 0.717) is 21.9 Å². The van der Waals surface area contributed by atoms with Crippen molar-refractivity contribution in [1.29, 1.82) is 0 Å². The molecule has 0 aliphatic rings. The fraction of sp³-hybridized carbons (Fsp3) is 0.111. The van der Waals surface area contributed by atoms with Gasteiger partial charge in [0.25, 0.3) is 11.5 Å². The molecule has 0 saturated carbocycles. The van der Waals surface area contributed by atoms with Crippen molar-refractivity contribution < 1.29 is 0 Å². The first-order valence-electron chi connectivity index (χ1n) is 7.89. The summed E-state index contributed by atoms with van der Waals surface area (Å²) in [6.45, 7) is 3.62. The third kappa shape index (κ3) is 2.62. The monoisotopic (exact) mass is 367 g/mol. The van der Waals surface area contributed by atoms with E-state index in [9.17, 15) is 9.59 Å². The highest BCUT2D eigenvalue weighted by molar-refractivity contribution is 6.33. The minimum absolute atomic E-state index is 0.0172. The summed E-state index contributed by atoms with van der Waals surface area (Å²) in [5, 5.41) is 3.40. The normalized spacial score (nSPS) is 11.2. The van der Waals surface area contributed by atoms with Crippen LogP contribution in [0.15, 0.2) is 46.0 Å². The summed E-state index contributed by atoms with van der Waals surface area (Å²) in [6, 6.07) is 10.3. The van der Waals surface area contributed by atoms with Gasteiger partial charge < -0.3 is 4.98 Å². The highest BCUT2D eigenvalue weighted by atomic mass is 35.5. The zero-order chi connectivity index (χ0) is 18.4. The number of halogens is 1. The Bertz CT molecular complexity index is 1250. The lowest BCUT2D eigenvalue weighted by Crippen LogP contribution is -2.20. The van der Waals surface area contributed by atoms with Gasteiger partial charge in [0.15, 0.2) is 5.43 Å². The van der Waals surface area contributed by atoms with Crippen LogP contribution >= 0.6 is 11.6 Å². The molecule has 3 heterocycles. The van der Waals surface area contributed by atoms with Crippen molar-refractivity contribution in [2.75, 3.05) is 0 Å². The highest BCUT2D eigenvalue weighted by Gasteiger charge is 2.16. The number of aromatic nitrogens is 5. The number of aryl methyl sites for hydroxylation is 2. The molecule has 8 heteroatoms. The molecule has 26 heavy (non-hydrogen) atoms. The number of nitrogens with zero attached hydrogens (tertiary/aromatic N) is 3. The molecule has 0 saturated heterocycles. The maximum Gasteiger partial charge on any atom is 0.287 e. The van der Waals surface area contributed by atoms with Crippen molar-refractivity contribution >= 4 is 22.6 Å². The lowest BCUT2D eigenvalue weighted by molar-refractivity contribution is 0.778. The summed E-state index contributed by atoms with van der Waals surface area (Å²) in [4.78, 5) is 36.8. The number of fused-ring (bicyclic) bond motifs is 1. The van der Waals surface area contributed by atoms with Gasteiger partial charge in [-0.05, 0) is 26.0 Å². The van der Waals surface area contributed by atoms with E-state index in [-0.39, 0.29) is 11.3 Å². The minimum Gasteiger partial charge on any atom is -0.339 e. The smallest absolute Gasteiger partial charge is 0.287 e. The third-order valence-corrected chi connectivity index (χ3v) is 4.34. The molecule has 0 atom stereocenters. The number of benzene rings is 1. The average Bonchev–Trinajstić information content (AvgIpc) is 2.91. The van der Waals surface area contributed by atoms with Gasteiger partial charge >= 0.3 is 0 Å². The van der Waals surface area contributed by atoms with E-state index >= 15 is 0 Å². The maximum absolute atomic E-state index is 12.7. The maximum atomic E-state index is 12.7. The third-order valence-electron chi connectivity index (χ3n) is 4.01. The lowest BCUT2D eigenvalue weighted by Gasteiger charge is -2.04. The van der Waals surface area contributed by atoms with Gasteiger partial charge in [-0.3, -0.25) is 14.7 Å². The quantitative estimate of drug-likeness (QED) is 0.569. The van der Waals surface area contributed by atoms with Crippen molar-refractivity contribution in [2.24, 2.45) is 0 Å². The van der Waals surface area contributed by atoms with E-state index in [2.05, 4.69) is 20.1 Å². The van der Waals surface area contributed by atoms with Crippen LogP contribution in [0.1, 0.15) is 11.4 Å². The Kier molecular flexibility index (Phi) is 3.73. The number of nitrogens with one attached hydrogen (secondary N) is 2. The minimum atomic E-state index is -0.503. The van der Waals surface area contributed by atoms with Crippen LogP contribution < -0.4 is 11.0 Å². The van der Waals surface area contributed by atoms with Crippen molar-refractivity contribution in [3.05, 3.63) is 73.4 Å². The Hall–Kier alpha value is -3.19. The number of H-pyrrole nitrogens is 2. The van der Waals surface area contributed by atoms with E-state index < -0.39 is 11.0 Å². The van der Waals surface area contributed by atoms with Crippen molar-refractivity contribution in [1.82, 2.24) is 24.7 Å². The van der Waals surface area contributed by atoms with E-state index in [4.69, 9.17) is 11.6 Å². The number of pyridine rings is 1. The Morgan fingerprint density at radius 2 is 1.73 bits per heavy atom. The molecule has 4 aromatic rings. The second-order valence-electron chi connectivity index (χ2n) is 5.98. The Morgan fingerprint density at radius 1 is 1.04 bits per heavy atom. The molecule has 4 rings (SSSR count). The Labute approximate surface area is 152 Å². The molecule has 1 aromatic carbocycles. The molecule has 0 aliphatic heterocycles. The van der Waals surface area contributed by atoms with Crippen LogP contribution in [-0.2, 0) is 0 Å². The van der Waals surface area contributed by atoms with Gasteiger partial charge in [0, 0.05) is 28.0 Å². The standard InChI is InChI=1S/C18H14ClN5O2/c1-9-7-10(2)21-18(20-9)24-17(26)15-14(25)8-13(22-16(15)23-24)11-5-3-4-6-12(11)19/h3-8H,1-2H3,(H2,22,23,25). The van der Waals surface area contributed by atoms with E-state index in [1.54, 1.807) is 24.3 Å². The summed E-state index contributed by atoms with van der Waals surface area (Å²) in [5.41, 5.74) is 2.02. The second-order valence-corrected chi connectivity index (χ2v) is 6.39. The molecule has 0 spiro atoms. The molecular formula is C18H14ClN5O2. The van der Waals surface area contributed by atoms with Gasteiger partial charge in [-0.15, -0.1) is 0 Å². The zero-order valence-electron chi connectivity index (χ0n) is 14.0. The summed E-state index contributed by atoms with van der Waals surface area (Å²) in [6.07, 6.45) is 0. The van der Waals surface area contributed by atoms with E-state index in [1.165, 1.54) is 10.7 Å². The van der Waals surface area contributed by atoms with E-state index in [0.717, 1.165) is 11.4 Å². The summed E-state index contributed by atoms with van der Waals surface area (Å²) in [7, 11) is 0. The Morgan fingerprint density at radius 3 is 2.42 bits per heavy atom. The molecule has 0 aliphatic carbocycles. The fourth-order valence-corrected chi connectivity index (χ4v) is 3.14. The van der Waals surface area contributed by atoms with Gasteiger partial charge in [-0.25, -0.2) is 9.97 Å². The molecule has 0 bridgehead atoms. The zero-order valence-corrected chi connectivity index (χ0v) is 14.8. The molecule has 3 aromatic heterocycles. The van der Waals surface area contributed by atoms with Crippen LogP contribution in [0.2, 0.25) is 5.02 Å². The van der Waals surface area contributed by atoms with E-state index in [1.807, 2.05) is 19.9 Å². The molecule has 2 N–H and O–H groups in total. The van der Waals surface area contributed by atoms with Crippen molar-refractivity contribution in [3.8, 4) is 17.2 Å². The SMILES string of the molecule is Cc1cc(C)nc(-n2[nH]c3[nH]c(-c4ccccc4Cl)cc(=O)c3c2=O)n1. The lowest BCUT2D eigenvalue weighted by atomic mass is 10.1. The molecule has 0 fully saturated rings. The topological polar surface area (TPSA) is 96.4 Å². The largest absolute Gasteiger partial charge is 0.339 e. The highest BCUT2D eigenvalue weighted by Crippen LogP contribution is 2.25. The van der Waals surface area contributed by atoms with Gasteiger partial charge in [-0.2, -0.15) is 4.68 Å². The van der Waals surface area contributed by atoms with Gasteiger partial charge in [0.1, 0.15) is 11.0 Å². The average molecular weight is 368 g/mol. The molecule has 130 valence electrons. The first-order chi connectivity index (χ1) is 12.4. The van der Waals surface area contributed by atoms with Crippen LogP contribution in [0.25, 0.3) is 28.2 Å². The predicted molar refractivity (Wildman–Crippen MR) is 100 cm³/mol. The van der Waals surface area contributed by atoms with Crippen LogP contribution in [0.4, 0.5) is 0 Å². The molecule has 7 nitrogen and oxygen atoms in total. The van der Waals surface area contributed by atoms with Gasteiger partial charge in [-0.1, -0.05) is 29.8 Å². The summed E-state index contributed by atoms with van der Waals surface area (Å²) >= 11 is 6.21. The van der Waals surface area contributed by atoms with Gasteiger partial charge in [0.2, 0.25) is 0 Å². The first-order valence-corrected chi connectivity index (χ1v) is 8.27. The first kappa shape index (κ1) is 16.3. The second kappa shape index (κ2) is 5.96. The van der Waals surface area contributed by atoms with Crippen molar-refractivity contribution in [3.63, 3.8) is 0 Å². The molecular weight excluding hydrogens is 354 g/mol. The molecule has 0 unspecified atom stereocenters. The Balaban J connectivity index is 1.98. The van der Waals surface area contributed by atoms with Crippen LogP contribution in [0, 0.1) is 13.8 Å². The van der Waals surface area contributed by atoms with Crippen LogP contribution in [0.5, 0.6) is 0 Å². The van der Waals surface area contributed by atoms with Crippen LogP contribution in [0.3, 0.4) is 0 Å². The summed E-state index contributed by atoms with van der Waals surface area (Å²) in [5.74, 6) is 0.191. The summed E-state index contributed by atoms with van der Waals surface area (Å²) < 4.78 is 1.17. The van der Waals surface area contributed by atoms with Crippen molar-refractivity contribution in [2.45, 2.75) is 13.8 Å². The fourth-order valence-electron chi connectivity index (χ4n) is 2.90. The van der Waals surface area contributed by atoms with Gasteiger partial charge in [0.05, 0.1) is 5.69 Å². The number of aromatic amines is 2. The predicted octanol–water partition coefficient (Wildman–Crippen LogP) is 2.73. The number of hydrogen-bond donors (Lipinski definition) is 2. The number of rotatable bonds is 2. The van der Waals surface area contributed by atoms with Crippen LogP contribution in [-0.4, -0.2) is 24.7 Å².